The number of hydrogen-bond acceptors (Lipinski definition) is 4. The zero-order valence-corrected chi connectivity index (χ0v) is 13.7. The molecule has 1 N–H and O–H groups in total. The predicted molar refractivity (Wildman–Crippen MR) is 79.1 cm³/mol. The molecule has 1 aromatic carbocycles. The third-order valence-corrected chi connectivity index (χ3v) is 4.95. The van der Waals surface area contributed by atoms with Gasteiger partial charge >= 0.3 is 5.97 Å². The molecular formula is C12H17BrN2O4S. The molecule has 0 bridgehead atoms. The molecule has 8 heteroatoms. The summed E-state index contributed by atoms with van der Waals surface area (Å²) in [4.78, 5) is 12.7. The van der Waals surface area contributed by atoms with Crippen molar-refractivity contribution >= 4 is 31.9 Å². The average Bonchev–Trinajstić information content (AvgIpc) is 2.34. The predicted octanol–water partition coefficient (Wildman–Crippen LogP) is 1.09. The van der Waals surface area contributed by atoms with Gasteiger partial charge in [-0.2, -0.15) is 4.31 Å². The van der Waals surface area contributed by atoms with E-state index in [0.29, 0.717) is 6.54 Å². The number of carboxylic acids is 1. The Morgan fingerprint density at radius 3 is 2.20 bits per heavy atom. The molecule has 0 aliphatic rings. The Morgan fingerprint density at radius 1 is 1.20 bits per heavy atom. The van der Waals surface area contributed by atoms with Gasteiger partial charge in [-0.05, 0) is 38.4 Å². The lowest BCUT2D eigenvalue weighted by Crippen LogP contribution is -2.39. The number of rotatable bonds is 7. The maximum Gasteiger partial charge on any atom is 0.318 e. The summed E-state index contributed by atoms with van der Waals surface area (Å²) in [5.74, 6) is -1.18. The van der Waals surface area contributed by atoms with Crippen LogP contribution < -0.4 is 0 Å². The van der Waals surface area contributed by atoms with Gasteiger partial charge in [0.2, 0.25) is 10.0 Å². The van der Waals surface area contributed by atoms with Crippen LogP contribution in [0.5, 0.6) is 0 Å². The van der Waals surface area contributed by atoms with E-state index in [1.165, 1.54) is 12.1 Å². The van der Waals surface area contributed by atoms with Crippen LogP contribution in [0.4, 0.5) is 0 Å². The summed E-state index contributed by atoms with van der Waals surface area (Å²) < 4.78 is 26.6. The number of hydrogen-bond donors (Lipinski definition) is 1. The molecule has 20 heavy (non-hydrogen) atoms. The lowest BCUT2D eigenvalue weighted by molar-refractivity contribution is -0.137. The van der Waals surface area contributed by atoms with Crippen LogP contribution in [-0.2, 0) is 14.8 Å². The lowest BCUT2D eigenvalue weighted by Gasteiger charge is -2.22. The molecule has 0 spiro atoms. The van der Waals surface area contributed by atoms with E-state index in [1.807, 2.05) is 0 Å². The third-order valence-electron chi connectivity index (χ3n) is 2.56. The van der Waals surface area contributed by atoms with Gasteiger partial charge in [-0.1, -0.05) is 15.9 Å². The van der Waals surface area contributed by atoms with Gasteiger partial charge in [-0.25, -0.2) is 8.42 Å². The standard InChI is InChI=1S/C12H17BrN2O4S/c1-14(2)7-8-15(9-12(16)17)20(18,19)11-5-3-10(13)4-6-11/h3-6H,7-9H2,1-2H3,(H,16,17). The summed E-state index contributed by atoms with van der Waals surface area (Å²) in [7, 11) is -0.210. The second-order valence-corrected chi connectivity index (χ2v) is 7.34. The molecule has 0 atom stereocenters. The number of aliphatic carboxylic acids is 1. The van der Waals surface area contributed by atoms with Gasteiger partial charge in [-0.15, -0.1) is 0 Å². The number of nitrogens with zero attached hydrogens (tertiary/aromatic N) is 2. The van der Waals surface area contributed by atoms with Crippen LogP contribution >= 0.6 is 15.9 Å². The van der Waals surface area contributed by atoms with Crippen LogP contribution in [-0.4, -0.2) is 62.4 Å². The molecule has 6 nitrogen and oxygen atoms in total. The van der Waals surface area contributed by atoms with Gasteiger partial charge in [0.05, 0.1) is 4.90 Å². The number of benzene rings is 1. The molecule has 1 aromatic rings. The van der Waals surface area contributed by atoms with Crippen molar-refractivity contribution in [3.63, 3.8) is 0 Å². The van der Waals surface area contributed by atoms with Gasteiger partial charge in [0.1, 0.15) is 6.54 Å². The second kappa shape index (κ2) is 7.16. The van der Waals surface area contributed by atoms with Crippen molar-refractivity contribution in [2.24, 2.45) is 0 Å². The number of halogens is 1. The Hall–Kier alpha value is -0.960. The summed E-state index contributed by atoms with van der Waals surface area (Å²) in [5.41, 5.74) is 0. The van der Waals surface area contributed by atoms with Crippen LogP contribution in [0.3, 0.4) is 0 Å². The Kier molecular flexibility index (Phi) is 6.12. The molecule has 0 fully saturated rings. The average molecular weight is 365 g/mol. The fourth-order valence-corrected chi connectivity index (χ4v) is 3.15. The Labute approximate surface area is 127 Å². The highest BCUT2D eigenvalue weighted by Gasteiger charge is 2.26. The second-order valence-electron chi connectivity index (χ2n) is 4.49. The molecule has 112 valence electrons. The molecule has 0 heterocycles. The number of likely N-dealkylation sites (N-methyl/N-ethyl adjacent to an activating group) is 1. The summed E-state index contributed by atoms with van der Waals surface area (Å²) in [6.07, 6.45) is 0. The molecule has 0 unspecified atom stereocenters. The molecule has 0 saturated carbocycles. The summed E-state index contributed by atoms with van der Waals surface area (Å²) in [6, 6.07) is 6.11. The van der Waals surface area contributed by atoms with Gasteiger partial charge in [0.15, 0.2) is 0 Å². The fraction of sp³-hybridized carbons (Fsp3) is 0.417. The minimum atomic E-state index is -3.80. The van der Waals surface area contributed by atoms with Crippen LogP contribution in [0.25, 0.3) is 0 Å². The Morgan fingerprint density at radius 2 is 1.75 bits per heavy atom. The number of carbonyl (C=O) groups is 1. The maximum atomic E-state index is 12.4. The van der Waals surface area contributed by atoms with Crippen molar-refractivity contribution in [1.82, 2.24) is 9.21 Å². The molecule has 1 rings (SSSR count). The first-order valence-electron chi connectivity index (χ1n) is 5.85. The number of sulfonamides is 1. The first-order chi connectivity index (χ1) is 9.23. The van der Waals surface area contributed by atoms with E-state index in [1.54, 1.807) is 31.1 Å². The van der Waals surface area contributed by atoms with Crippen molar-refractivity contribution in [2.45, 2.75) is 4.90 Å². The summed E-state index contributed by atoms with van der Waals surface area (Å²) >= 11 is 3.23. The van der Waals surface area contributed by atoms with E-state index >= 15 is 0 Å². The van der Waals surface area contributed by atoms with E-state index in [2.05, 4.69) is 15.9 Å². The van der Waals surface area contributed by atoms with E-state index in [-0.39, 0.29) is 11.4 Å². The zero-order chi connectivity index (χ0) is 15.3. The monoisotopic (exact) mass is 364 g/mol. The first kappa shape index (κ1) is 17.1. The Bertz CT molecular complexity index is 557. The lowest BCUT2D eigenvalue weighted by atomic mass is 10.4. The summed E-state index contributed by atoms with van der Waals surface area (Å²) in [5, 5.41) is 8.88. The minimum Gasteiger partial charge on any atom is -0.480 e. The van der Waals surface area contributed by atoms with Crippen molar-refractivity contribution in [2.75, 3.05) is 33.7 Å². The van der Waals surface area contributed by atoms with Gasteiger partial charge in [-0.3, -0.25) is 4.79 Å². The fourth-order valence-electron chi connectivity index (χ4n) is 1.50. The molecule has 0 aliphatic carbocycles. The topological polar surface area (TPSA) is 77.9 Å². The van der Waals surface area contributed by atoms with Crippen LogP contribution in [0, 0.1) is 0 Å². The minimum absolute atomic E-state index is 0.0840. The first-order valence-corrected chi connectivity index (χ1v) is 8.09. The van der Waals surface area contributed by atoms with Crippen molar-refractivity contribution in [3.05, 3.63) is 28.7 Å². The van der Waals surface area contributed by atoms with E-state index in [9.17, 15) is 13.2 Å². The molecule has 0 radical (unpaired) electrons. The van der Waals surface area contributed by atoms with E-state index in [0.717, 1.165) is 8.78 Å². The van der Waals surface area contributed by atoms with Crippen LogP contribution in [0.2, 0.25) is 0 Å². The molecule has 0 aromatic heterocycles. The van der Waals surface area contributed by atoms with Crippen molar-refractivity contribution in [1.29, 1.82) is 0 Å². The van der Waals surface area contributed by atoms with Gasteiger partial charge in [0.25, 0.3) is 0 Å². The zero-order valence-electron chi connectivity index (χ0n) is 11.3. The highest BCUT2D eigenvalue weighted by Crippen LogP contribution is 2.18. The highest BCUT2D eigenvalue weighted by atomic mass is 79.9. The normalized spacial score (nSPS) is 12.1. The Balaban J connectivity index is 3.03. The molecule has 0 amide bonds. The maximum absolute atomic E-state index is 12.4. The largest absolute Gasteiger partial charge is 0.480 e. The van der Waals surface area contributed by atoms with Gasteiger partial charge < -0.3 is 10.0 Å². The smallest absolute Gasteiger partial charge is 0.318 e. The van der Waals surface area contributed by atoms with Crippen LogP contribution in [0.1, 0.15) is 0 Å². The molecule has 0 saturated heterocycles. The van der Waals surface area contributed by atoms with E-state index in [4.69, 9.17) is 5.11 Å². The van der Waals surface area contributed by atoms with Crippen molar-refractivity contribution < 1.29 is 18.3 Å². The molecular weight excluding hydrogens is 348 g/mol. The molecule has 0 aliphatic heterocycles. The highest BCUT2D eigenvalue weighted by molar-refractivity contribution is 9.10. The third kappa shape index (κ3) is 4.86. The van der Waals surface area contributed by atoms with Gasteiger partial charge in [0, 0.05) is 17.6 Å². The SMILES string of the molecule is CN(C)CCN(CC(=O)O)S(=O)(=O)c1ccc(Br)cc1. The van der Waals surface area contributed by atoms with E-state index < -0.39 is 22.5 Å². The summed E-state index contributed by atoms with van der Waals surface area (Å²) in [6.45, 7) is 0.0208. The van der Waals surface area contributed by atoms with Crippen LogP contribution in [0.15, 0.2) is 33.6 Å². The number of carboxylic acid groups (broad SMARTS) is 1. The quantitative estimate of drug-likeness (QED) is 0.783. The van der Waals surface area contributed by atoms with Crippen molar-refractivity contribution in [3.8, 4) is 0 Å².